The molecule has 122 valence electrons. The van der Waals surface area contributed by atoms with Gasteiger partial charge in [-0.05, 0) is 30.9 Å². The number of rotatable bonds is 5. The summed E-state index contributed by atoms with van der Waals surface area (Å²) in [7, 11) is 0. The third-order valence-electron chi connectivity index (χ3n) is 4.37. The van der Waals surface area contributed by atoms with Gasteiger partial charge in [0, 0.05) is 6.54 Å². The van der Waals surface area contributed by atoms with Crippen molar-refractivity contribution in [3.8, 4) is 5.69 Å². The van der Waals surface area contributed by atoms with Crippen molar-refractivity contribution < 1.29 is 5.11 Å². The molecule has 0 amide bonds. The topological polar surface area (TPSA) is 67.2 Å². The molecule has 1 heterocycles. The zero-order valence-corrected chi connectivity index (χ0v) is 13.5. The molecule has 0 bridgehead atoms. The van der Waals surface area contributed by atoms with E-state index in [0.717, 1.165) is 12.8 Å². The highest BCUT2D eigenvalue weighted by Crippen LogP contribution is 2.28. The van der Waals surface area contributed by atoms with Gasteiger partial charge in [-0.2, -0.15) is 9.78 Å². The van der Waals surface area contributed by atoms with Crippen molar-refractivity contribution in [1.29, 1.82) is 0 Å². The summed E-state index contributed by atoms with van der Waals surface area (Å²) in [6.07, 6.45) is 5.58. The molecule has 1 aromatic carbocycles. The van der Waals surface area contributed by atoms with Crippen molar-refractivity contribution in [2.45, 2.75) is 31.8 Å². The number of aromatic nitrogens is 2. The monoisotopic (exact) mass is 333 g/mol. The van der Waals surface area contributed by atoms with Gasteiger partial charge < -0.3 is 10.4 Å². The largest absolute Gasteiger partial charge is 0.391 e. The van der Waals surface area contributed by atoms with Crippen LogP contribution in [0, 0.1) is 5.92 Å². The highest BCUT2D eigenvalue weighted by Gasteiger charge is 2.23. The van der Waals surface area contributed by atoms with Gasteiger partial charge in [0.15, 0.2) is 0 Å². The lowest BCUT2D eigenvalue weighted by Crippen LogP contribution is -2.28. The Morgan fingerprint density at radius 3 is 2.70 bits per heavy atom. The smallest absolute Gasteiger partial charge is 0.292 e. The van der Waals surface area contributed by atoms with Gasteiger partial charge in [-0.3, -0.25) is 4.79 Å². The Morgan fingerprint density at radius 1 is 1.30 bits per heavy atom. The van der Waals surface area contributed by atoms with Crippen LogP contribution in [0.1, 0.15) is 25.7 Å². The van der Waals surface area contributed by atoms with Crippen LogP contribution in [0.2, 0.25) is 5.02 Å². The molecule has 2 N–H and O–H groups in total. The molecule has 2 aromatic rings. The third-order valence-corrected chi connectivity index (χ3v) is 4.73. The number of nitrogens with one attached hydrogen (secondary N) is 1. The van der Waals surface area contributed by atoms with Gasteiger partial charge in [-0.15, -0.1) is 0 Å². The Morgan fingerprint density at radius 2 is 2.00 bits per heavy atom. The Hall–Kier alpha value is -1.85. The number of aliphatic hydroxyl groups excluding tert-OH is 1. The van der Waals surface area contributed by atoms with E-state index in [1.54, 1.807) is 12.1 Å². The molecule has 1 unspecified atom stereocenters. The van der Waals surface area contributed by atoms with Gasteiger partial charge >= 0.3 is 0 Å². The Kier molecular flexibility index (Phi) is 4.98. The molecule has 23 heavy (non-hydrogen) atoms. The molecule has 1 aromatic heterocycles. The van der Waals surface area contributed by atoms with Crippen LogP contribution in [0.4, 0.5) is 5.69 Å². The van der Waals surface area contributed by atoms with E-state index < -0.39 is 6.10 Å². The summed E-state index contributed by atoms with van der Waals surface area (Å²) in [5, 5.41) is 17.5. The second kappa shape index (κ2) is 7.15. The zero-order chi connectivity index (χ0) is 16.2. The fraction of sp³-hybridized carbons (Fsp3) is 0.412. The number of aliphatic hydroxyl groups is 1. The molecule has 0 aliphatic heterocycles. The van der Waals surface area contributed by atoms with E-state index in [1.807, 2.05) is 18.2 Å². The van der Waals surface area contributed by atoms with Gasteiger partial charge in [0.05, 0.1) is 23.7 Å². The average Bonchev–Trinajstić information content (AvgIpc) is 3.11. The van der Waals surface area contributed by atoms with Gasteiger partial charge in [-0.1, -0.05) is 42.6 Å². The minimum Gasteiger partial charge on any atom is -0.391 e. The Balaban J connectivity index is 1.74. The third kappa shape index (κ3) is 3.57. The standard InChI is InChI=1S/C17H20ClN3O2/c18-16-14(19-11-15(22)12-6-4-5-7-12)10-20-21(17(16)23)13-8-2-1-3-9-13/h1-3,8-10,12,15,19,22H,4-7,11H2. The van der Waals surface area contributed by atoms with Gasteiger partial charge in [0.25, 0.3) is 5.56 Å². The van der Waals surface area contributed by atoms with Crippen LogP contribution in [0.15, 0.2) is 41.3 Å². The lowest BCUT2D eigenvalue weighted by molar-refractivity contribution is 0.123. The van der Waals surface area contributed by atoms with E-state index in [-0.39, 0.29) is 10.6 Å². The Labute approximate surface area is 139 Å². The number of hydrogen-bond acceptors (Lipinski definition) is 4. The normalized spacial score (nSPS) is 16.4. The average molecular weight is 334 g/mol. The Bertz CT molecular complexity index is 712. The second-order valence-corrected chi connectivity index (χ2v) is 6.30. The molecule has 0 radical (unpaired) electrons. The van der Waals surface area contributed by atoms with E-state index in [0.29, 0.717) is 23.8 Å². The molecule has 0 saturated heterocycles. The molecule has 3 rings (SSSR count). The molecule has 1 aliphatic rings. The fourth-order valence-electron chi connectivity index (χ4n) is 3.03. The quantitative estimate of drug-likeness (QED) is 0.883. The molecular weight excluding hydrogens is 314 g/mol. The first-order chi connectivity index (χ1) is 11.2. The van der Waals surface area contributed by atoms with Crippen molar-refractivity contribution in [3.05, 3.63) is 51.9 Å². The van der Waals surface area contributed by atoms with E-state index >= 15 is 0 Å². The van der Waals surface area contributed by atoms with Crippen molar-refractivity contribution in [2.24, 2.45) is 5.92 Å². The minimum absolute atomic E-state index is 0.0856. The molecule has 6 heteroatoms. The first-order valence-corrected chi connectivity index (χ1v) is 8.30. The summed E-state index contributed by atoms with van der Waals surface area (Å²) in [6.45, 7) is 0.376. The summed E-state index contributed by atoms with van der Waals surface area (Å²) in [4.78, 5) is 12.4. The van der Waals surface area contributed by atoms with E-state index in [9.17, 15) is 9.90 Å². The number of benzene rings is 1. The molecule has 1 saturated carbocycles. The summed E-state index contributed by atoms with van der Waals surface area (Å²) in [6, 6.07) is 9.13. The summed E-state index contributed by atoms with van der Waals surface area (Å²) in [5.41, 5.74) is 0.746. The lowest BCUT2D eigenvalue weighted by atomic mass is 10.0. The molecule has 5 nitrogen and oxygen atoms in total. The number of para-hydroxylation sites is 1. The number of halogens is 1. The summed E-state index contributed by atoms with van der Waals surface area (Å²) < 4.78 is 1.26. The van der Waals surface area contributed by atoms with E-state index in [4.69, 9.17) is 11.6 Å². The van der Waals surface area contributed by atoms with Crippen molar-refractivity contribution >= 4 is 17.3 Å². The first-order valence-electron chi connectivity index (χ1n) is 7.92. The molecule has 1 fully saturated rings. The van der Waals surface area contributed by atoms with Crippen LogP contribution < -0.4 is 10.9 Å². The maximum atomic E-state index is 12.4. The van der Waals surface area contributed by atoms with Crippen LogP contribution in [-0.4, -0.2) is 27.5 Å². The molecule has 0 spiro atoms. The number of nitrogens with zero attached hydrogens (tertiary/aromatic N) is 2. The summed E-state index contributed by atoms with van der Waals surface area (Å²) in [5.74, 6) is 0.332. The summed E-state index contributed by atoms with van der Waals surface area (Å²) >= 11 is 6.17. The predicted octanol–water partition coefficient (Wildman–Crippen LogP) is 2.85. The van der Waals surface area contributed by atoms with Crippen LogP contribution in [-0.2, 0) is 0 Å². The van der Waals surface area contributed by atoms with E-state index in [2.05, 4.69) is 10.4 Å². The van der Waals surface area contributed by atoms with Crippen LogP contribution in [0.3, 0.4) is 0 Å². The van der Waals surface area contributed by atoms with Crippen LogP contribution in [0.5, 0.6) is 0 Å². The van der Waals surface area contributed by atoms with E-state index in [1.165, 1.54) is 23.7 Å². The minimum atomic E-state index is -0.426. The second-order valence-electron chi connectivity index (χ2n) is 5.92. The maximum absolute atomic E-state index is 12.4. The number of anilines is 1. The van der Waals surface area contributed by atoms with Crippen molar-refractivity contribution in [2.75, 3.05) is 11.9 Å². The fourth-order valence-corrected chi connectivity index (χ4v) is 3.23. The predicted molar refractivity (Wildman–Crippen MR) is 91.3 cm³/mol. The van der Waals surface area contributed by atoms with Crippen molar-refractivity contribution in [1.82, 2.24) is 9.78 Å². The van der Waals surface area contributed by atoms with Crippen LogP contribution >= 0.6 is 11.6 Å². The van der Waals surface area contributed by atoms with Crippen LogP contribution in [0.25, 0.3) is 5.69 Å². The zero-order valence-electron chi connectivity index (χ0n) is 12.8. The maximum Gasteiger partial charge on any atom is 0.292 e. The highest BCUT2D eigenvalue weighted by atomic mass is 35.5. The molecule has 1 aliphatic carbocycles. The first kappa shape index (κ1) is 16.0. The SMILES string of the molecule is O=c1c(Cl)c(NCC(O)C2CCCC2)cnn1-c1ccccc1. The van der Waals surface area contributed by atoms with Crippen molar-refractivity contribution in [3.63, 3.8) is 0 Å². The van der Waals surface area contributed by atoms with Gasteiger partial charge in [-0.25, -0.2) is 0 Å². The number of hydrogen-bond donors (Lipinski definition) is 2. The molecular formula is C17H20ClN3O2. The van der Waals surface area contributed by atoms with Gasteiger partial charge in [0.1, 0.15) is 5.02 Å². The lowest BCUT2D eigenvalue weighted by Gasteiger charge is -2.19. The highest BCUT2D eigenvalue weighted by molar-refractivity contribution is 6.32. The van der Waals surface area contributed by atoms with Gasteiger partial charge in [0.2, 0.25) is 0 Å². The molecule has 1 atom stereocenters.